The number of unbranched alkanes of at least 4 members (excludes halogenated alkanes) is 36. The summed E-state index contributed by atoms with van der Waals surface area (Å²) in [5.74, 6) is -0.444. The van der Waals surface area contributed by atoms with Crippen molar-refractivity contribution in [3.8, 4) is 11.5 Å². The van der Waals surface area contributed by atoms with Crippen LogP contribution in [0, 0.1) is 0 Å². The molecule has 1 aromatic carbocycles. The zero-order valence-electron chi connectivity index (χ0n) is 41.8. The highest BCUT2D eigenvalue weighted by atomic mass is 16.6. The number of carbonyl (C=O) groups excluding carboxylic acids is 3. The van der Waals surface area contributed by atoms with Gasteiger partial charge in [-0.25, -0.2) is 0 Å². The Morgan fingerprint density at radius 1 is 0.403 bits per heavy atom. The fourth-order valence-electron chi connectivity index (χ4n) is 8.34. The molecule has 6 nitrogen and oxygen atoms in total. The Hall–Kier alpha value is -2.21. The summed E-state index contributed by atoms with van der Waals surface area (Å²) in [6, 6.07) is 4.81. The van der Waals surface area contributed by atoms with Crippen molar-refractivity contribution in [2.45, 2.75) is 297 Å². The number of ether oxygens (including phenoxy) is 2. The predicted octanol–water partition coefficient (Wildman–Crippen LogP) is 17.7. The third kappa shape index (κ3) is 37.2. The van der Waals surface area contributed by atoms with Gasteiger partial charge in [0.15, 0.2) is 17.3 Å². The number of ketones is 1. The molecule has 0 heterocycles. The van der Waals surface area contributed by atoms with E-state index < -0.39 is 0 Å². The van der Waals surface area contributed by atoms with Crippen LogP contribution in [0.15, 0.2) is 18.2 Å². The number of rotatable bonds is 45. The highest BCUT2D eigenvalue weighted by Crippen LogP contribution is 2.30. The number of carbonyl (C=O) groups is 3. The van der Waals surface area contributed by atoms with Crippen molar-refractivity contribution < 1.29 is 23.9 Å². The Morgan fingerprint density at radius 2 is 0.677 bits per heavy atom. The molecule has 360 valence electrons. The van der Waals surface area contributed by atoms with Gasteiger partial charge in [-0.3, -0.25) is 14.4 Å². The lowest BCUT2D eigenvalue weighted by Crippen LogP contribution is -2.39. The molecule has 0 bridgehead atoms. The topological polar surface area (TPSA) is 81.7 Å². The van der Waals surface area contributed by atoms with E-state index in [4.69, 9.17) is 9.47 Å². The van der Waals surface area contributed by atoms with Crippen LogP contribution in [0.2, 0.25) is 0 Å². The van der Waals surface area contributed by atoms with E-state index >= 15 is 0 Å². The van der Waals surface area contributed by atoms with Gasteiger partial charge in [-0.05, 0) is 51.8 Å². The first-order valence-corrected chi connectivity index (χ1v) is 27.0. The van der Waals surface area contributed by atoms with E-state index in [1.54, 1.807) is 18.2 Å². The van der Waals surface area contributed by atoms with Crippen molar-refractivity contribution in [2.24, 2.45) is 0 Å². The molecule has 0 aromatic heterocycles. The Bertz CT molecular complexity index is 1210. The number of Topliss-reactive ketones (excluding diaryl/α,β-unsaturated/α-hetero) is 1. The summed E-state index contributed by atoms with van der Waals surface area (Å²) in [5, 5.41) is 3.23. The normalized spacial score (nSPS) is 11.6. The maximum atomic E-state index is 13.0. The van der Waals surface area contributed by atoms with Crippen LogP contribution >= 0.6 is 0 Å². The molecule has 0 aliphatic heterocycles. The van der Waals surface area contributed by atoms with E-state index in [0.29, 0.717) is 18.4 Å². The minimum absolute atomic E-state index is 0.108. The second kappa shape index (κ2) is 41.5. The average molecular weight is 868 g/mol. The van der Waals surface area contributed by atoms with E-state index in [-0.39, 0.29) is 41.3 Å². The van der Waals surface area contributed by atoms with Gasteiger partial charge in [0.25, 0.3) is 0 Å². The minimum atomic E-state index is -0.356. The maximum absolute atomic E-state index is 13.0. The van der Waals surface area contributed by atoms with Crippen molar-refractivity contribution >= 4 is 17.7 Å². The largest absolute Gasteiger partial charge is 0.423 e. The van der Waals surface area contributed by atoms with Gasteiger partial charge in [-0.1, -0.05) is 245 Å². The van der Waals surface area contributed by atoms with Gasteiger partial charge in [0.2, 0.25) is 0 Å². The van der Waals surface area contributed by atoms with Gasteiger partial charge in [-0.2, -0.15) is 0 Å². The number of hydrogen-bond acceptors (Lipinski definition) is 6. The molecule has 0 amide bonds. The lowest BCUT2D eigenvalue weighted by Gasteiger charge is -2.20. The van der Waals surface area contributed by atoms with Crippen LogP contribution in [0.1, 0.15) is 302 Å². The van der Waals surface area contributed by atoms with Gasteiger partial charge >= 0.3 is 11.9 Å². The third-order valence-corrected chi connectivity index (χ3v) is 12.5. The Morgan fingerprint density at radius 3 is 0.968 bits per heavy atom. The quantitative estimate of drug-likeness (QED) is 0.0304. The number of hydrogen-bond donors (Lipinski definition) is 1. The van der Waals surface area contributed by atoms with E-state index in [0.717, 1.165) is 38.5 Å². The Kier molecular flexibility index (Phi) is 38.7. The highest BCUT2D eigenvalue weighted by Gasteiger charge is 2.19. The lowest BCUT2D eigenvalue weighted by molar-refractivity contribution is -0.137. The first-order chi connectivity index (χ1) is 30.2. The molecular formula is C56H101NO5. The molecule has 1 rings (SSSR count). The second-order valence-electron chi connectivity index (χ2n) is 19.9. The molecule has 0 radical (unpaired) electrons. The van der Waals surface area contributed by atoms with E-state index in [2.05, 4.69) is 19.2 Å². The Balaban J connectivity index is 2.27. The van der Waals surface area contributed by atoms with Crippen LogP contribution in [0.4, 0.5) is 0 Å². The van der Waals surface area contributed by atoms with Crippen molar-refractivity contribution in [2.75, 3.05) is 6.54 Å². The van der Waals surface area contributed by atoms with E-state index in [1.807, 2.05) is 20.8 Å². The van der Waals surface area contributed by atoms with Crippen LogP contribution < -0.4 is 14.8 Å². The summed E-state index contributed by atoms with van der Waals surface area (Å²) >= 11 is 0. The van der Waals surface area contributed by atoms with Crippen LogP contribution in [0.5, 0.6) is 11.5 Å². The van der Waals surface area contributed by atoms with Crippen LogP contribution in [0.25, 0.3) is 0 Å². The molecule has 0 aliphatic carbocycles. The van der Waals surface area contributed by atoms with Crippen molar-refractivity contribution in [1.82, 2.24) is 5.32 Å². The molecule has 0 saturated heterocycles. The molecule has 6 heteroatoms. The molecule has 1 aromatic rings. The number of esters is 2. The van der Waals surface area contributed by atoms with Crippen molar-refractivity contribution in [1.29, 1.82) is 0 Å². The predicted molar refractivity (Wildman–Crippen MR) is 266 cm³/mol. The van der Waals surface area contributed by atoms with Crippen molar-refractivity contribution in [3.05, 3.63) is 23.8 Å². The van der Waals surface area contributed by atoms with Gasteiger partial charge in [0.05, 0.1) is 6.54 Å². The molecule has 0 atom stereocenters. The first kappa shape index (κ1) is 57.8. The van der Waals surface area contributed by atoms with Crippen molar-refractivity contribution in [3.63, 3.8) is 0 Å². The molecule has 0 saturated carbocycles. The van der Waals surface area contributed by atoms with Crippen LogP contribution in [-0.2, 0) is 9.59 Å². The van der Waals surface area contributed by atoms with Gasteiger partial charge in [-0.15, -0.1) is 0 Å². The van der Waals surface area contributed by atoms with Gasteiger partial charge in [0, 0.05) is 23.9 Å². The van der Waals surface area contributed by atoms with Crippen LogP contribution in [-0.4, -0.2) is 29.8 Å². The van der Waals surface area contributed by atoms with Gasteiger partial charge < -0.3 is 14.8 Å². The second-order valence-corrected chi connectivity index (χ2v) is 19.9. The number of nitrogens with one attached hydrogen (secondary N) is 1. The highest BCUT2D eigenvalue weighted by molar-refractivity contribution is 5.98. The smallest absolute Gasteiger partial charge is 0.311 e. The number of benzene rings is 1. The average Bonchev–Trinajstić information content (AvgIpc) is 3.24. The third-order valence-electron chi connectivity index (χ3n) is 12.5. The molecule has 1 N–H and O–H groups in total. The standard InChI is InChI=1S/C56H101NO5/c1-6-8-10-12-14-16-18-20-22-24-26-28-30-32-34-36-38-40-42-44-54(59)61-52-47-46-50(51(58)49-57-56(3,4)5)48-53(52)62-55(60)45-43-41-39-37-35-33-31-29-27-25-23-21-19-17-15-13-11-9-7-2/h46-48,57H,6-45,49H2,1-5H3. The zero-order valence-corrected chi connectivity index (χ0v) is 41.8. The summed E-state index contributed by atoms with van der Waals surface area (Å²) in [5.41, 5.74) is 0.213. The molecular weight excluding hydrogens is 767 g/mol. The molecule has 0 spiro atoms. The monoisotopic (exact) mass is 868 g/mol. The SMILES string of the molecule is CCCCCCCCCCCCCCCCCCCCCC(=O)Oc1ccc(C(=O)CNC(C)(C)C)cc1OC(=O)CCCCCCCCCCCCCCCCCCCCC. The molecule has 0 aliphatic rings. The first-order valence-electron chi connectivity index (χ1n) is 27.0. The summed E-state index contributed by atoms with van der Waals surface area (Å²) < 4.78 is 11.5. The molecule has 62 heavy (non-hydrogen) atoms. The van der Waals surface area contributed by atoms with Crippen LogP contribution in [0.3, 0.4) is 0 Å². The summed E-state index contributed by atoms with van der Waals surface area (Å²) in [6.07, 6.45) is 50.3. The fraction of sp³-hybridized carbons (Fsp3) is 0.839. The van der Waals surface area contributed by atoms with E-state index in [1.165, 1.54) is 205 Å². The summed E-state index contributed by atoms with van der Waals surface area (Å²) in [7, 11) is 0. The van der Waals surface area contributed by atoms with Gasteiger partial charge in [0.1, 0.15) is 0 Å². The molecule has 0 fully saturated rings. The van der Waals surface area contributed by atoms with E-state index in [9.17, 15) is 14.4 Å². The summed E-state index contributed by atoms with van der Waals surface area (Å²) in [4.78, 5) is 38.9. The lowest BCUT2D eigenvalue weighted by atomic mass is 10.0. The minimum Gasteiger partial charge on any atom is -0.423 e. The zero-order chi connectivity index (χ0) is 45.2. The maximum Gasteiger partial charge on any atom is 0.311 e. The Labute approximate surface area is 384 Å². The summed E-state index contributed by atoms with van der Waals surface area (Å²) in [6.45, 7) is 10.8. The fourth-order valence-corrected chi connectivity index (χ4v) is 8.34. The molecule has 0 unspecified atom stereocenters.